The molecular formula is C17H14N4O. The van der Waals surface area contributed by atoms with Gasteiger partial charge in [-0.15, -0.1) is 0 Å². The lowest BCUT2D eigenvalue weighted by molar-refractivity contribution is 0.415. The van der Waals surface area contributed by atoms with Gasteiger partial charge in [0.25, 0.3) is 0 Å². The first-order chi connectivity index (χ1) is 10.8. The van der Waals surface area contributed by atoms with Gasteiger partial charge < -0.3 is 10.1 Å². The smallest absolute Gasteiger partial charge is 0.236 e. The molecule has 108 valence electrons. The van der Waals surface area contributed by atoms with Gasteiger partial charge in [0.1, 0.15) is 11.6 Å². The molecule has 22 heavy (non-hydrogen) atoms. The van der Waals surface area contributed by atoms with Crippen LogP contribution in [-0.4, -0.2) is 21.5 Å². The molecule has 0 amide bonds. The highest BCUT2D eigenvalue weighted by atomic mass is 16.5. The molecule has 0 aliphatic rings. The second-order valence-electron chi connectivity index (χ2n) is 4.94. The van der Waals surface area contributed by atoms with Crippen LogP contribution in [-0.2, 0) is 0 Å². The number of nitrogens with zero attached hydrogens (tertiary/aromatic N) is 3. The zero-order valence-corrected chi connectivity index (χ0v) is 12.0. The molecular weight excluding hydrogens is 276 g/mol. The van der Waals surface area contributed by atoms with E-state index in [0.29, 0.717) is 5.78 Å². The van der Waals surface area contributed by atoms with E-state index in [9.17, 15) is 0 Å². The van der Waals surface area contributed by atoms with Crippen LogP contribution in [0.5, 0.6) is 5.75 Å². The Kier molecular flexibility index (Phi) is 2.89. The summed E-state index contributed by atoms with van der Waals surface area (Å²) in [7, 11) is 1.65. The summed E-state index contributed by atoms with van der Waals surface area (Å²) >= 11 is 0. The Morgan fingerprint density at radius 3 is 2.59 bits per heavy atom. The summed E-state index contributed by atoms with van der Waals surface area (Å²) < 4.78 is 7.13. The fourth-order valence-electron chi connectivity index (χ4n) is 2.44. The highest BCUT2D eigenvalue weighted by Crippen LogP contribution is 2.20. The van der Waals surface area contributed by atoms with Crippen molar-refractivity contribution in [2.75, 3.05) is 12.4 Å². The molecule has 0 fully saturated rings. The van der Waals surface area contributed by atoms with Gasteiger partial charge in [-0.3, -0.25) is 4.40 Å². The summed E-state index contributed by atoms with van der Waals surface area (Å²) in [6.45, 7) is 0. The average molecular weight is 290 g/mol. The lowest BCUT2D eigenvalue weighted by atomic mass is 10.3. The molecule has 0 spiro atoms. The molecule has 2 heterocycles. The second kappa shape index (κ2) is 5.04. The number of hydrogen-bond acceptors (Lipinski definition) is 4. The van der Waals surface area contributed by atoms with Crippen molar-refractivity contribution in [3.63, 3.8) is 0 Å². The molecule has 5 heteroatoms. The summed E-state index contributed by atoms with van der Waals surface area (Å²) in [5, 5.41) is 3.27. The highest BCUT2D eigenvalue weighted by Gasteiger charge is 2.05. The minimum atomic E-state index is 0.680. The van der Waals surface area contributed by atoms with Crippen molar-refractivity contribution in [2.45, 2.75) is 0 Å². The van der Waals surface area contributed by atoms with Gasteiger partial charge in [0.2, 0.25) is 5.78 Å². The number of para-hydroxylation sites is 2. The van der Waals surface area contributed by atoms with Crippen molar-refractivity contribution in [1.29, 1.82) is 0 Å². The van der Waals surface area contributed by atoms with E-state index in [1.54, 1.807) is 7.11 Å². The van der Waals surface area contributed by atoms with Crippen LogP contribution < -0.4 is 10.1 Å². The van der Waals surface area contributed by atoms with Gasteiger partial charge in [-0.05, 0) is 42.5 Å². The topological polar surface area (TPSA) is 51.5 Å². The van der Waals surface area contributed by atoms with Gasteiger partial charge in [-0.2, -0.15) is 4.98 Å². The van der Waals surface area contributed by atoms with Crippen molar-refractivity contribution < 1.29 is 4.74 Å². The fourth-order valence-corrected chi connectivity index (χ4v) is 2.44. The third-order valence-corrected chi connectivity index (χ3v) is 3.54. The van der Waals surface area contributed by atoms with E-state index < -0.39 is 0 Å². The van der Waals surface area contributed by atoms with E-state index in [1.807, 2.05) is 65.2 Å². The van der Waals surface area contributed by atoms with Crippen molar-refractivity contribution in [3.8, 4) is 5.75 Å². The lowest BCUT2D eigenvalue weighted by Crippen LogP contribution is -1.96. The number of anilines is 2. The van der Waals surface area contributed by atoms with Crippen LogP contribution in [0.1, 0.15) is 0 Å². The van der Waals surface area contributed by atoms with Crippen LogP contribution in [0.25, 0.3) is 16.8 Å². The molecule has 0 saturated carbocycles. The monoisotopic (exact) mass is 290 g/mol. The molecule has 1 N–H and O–H groups in total. The highest BCUT2D eigenvalue weighted by molar-refractivity contribution is 5.79. The molecule has 0 unspecified atom stereocenters. The van der Waals surface area contributed by atoms with Crippen molar-refractivity contribution in [1.82, 2.24) is 14.4 Å². The number of imidazole rings is 1. The van der Waals surface area contributed by atoms with Gasteiger partial charge in [0.05, 0.1) is 18.1 Å². The van der Waals surface area contributed by atoms with E-state index in [4.69, 9.17) is 4.74 Å². The Balaban J connectivity index is 1.71. The lowest BCUT2D eigenvalue weighted by Gasteiger charge is -2.06. The number of rotatable bonds is 3. The SMILES string of the molecule is COc1ccc(Nc2ccn3c(n2)nc2ccccc23)cc1. The van der Waals surface area contributed by atoms with Gasteiger partial charge in [0, 0.05) is 11.9 Å². The van der Waals surface area contributed by atoms with Crippen molar-refractivity contribution >= 4 is 28.3 Å². The molecule has 0 atom stereocenters. The molecule has 4 aromatic rings. The van der Waals surface area contributed by atoms with E-state index in [-0.39, 0.29) is 0 Å². The van der Waals surface area contributed by atoms with E-state index in [0.717, 1.165) is 28.3 Å². The number of aromatic nitrogens is 3. The number of benzene rings is 2. The van der Waals surface area contributed by atoms with Crippen LogP contribution in [0.3, 0.4) is 0 Å². The van der Waals surface area contributed by atoms with Crippen LogP contribution >= 0.6 is 0 Å². The van der Waals surface area contributed by atoms with Crippen LogP contribution in [0.4, 0.5) is 11.5 Å². The number of nitrogens with one attached hydrogen (secondary N) is 1. The molecule has 2 aromatic carbocycles. The third-order valence-electron chi connectivity index (χ3n) is 3.54. The zero-order valence-electron chi connectivity index (χ0n) is 12.0. The first-order valence-electron chi connectivity index (χ1n) is 6.98. The zero-order chi connectivity index (χ0) is 14.9. The minimum absolute atomic E-state index is 0.680. The molecule has 4 rings (SSSR count). The maximum atomic E-state index is 5.15. The van der Waals surface area contributed by atoms with Crippen molar-refractivity contribution in [2.24, 2.45) is 0 Å². The van der Waals surface area contributed by atoms with Crippen LogP contribution in [0.15, 0.2) is 60.8 Å². The Hall–Kier alpha value is -3.08. The molecule has 5 nitrogen and oxygen atoms in total. The first kappa shape index (κ1) is 12.6. The van der Waals surface area contributed by atoms with Gasteiger partial charge in [-0.25, -0.2) is 4.98 Å². The van der Waals surface area contributed by atoms with Gasteiger partial charge in [0.15, 0.2) is 0 Å². The van der Waals surface area contributed by atoms with E-state index >= 15 is 0 Å². The summed E-state index contributed by atoms with van der Waals surface area (Å²) in [5.41, 5.74) is 2.95. The Morgan fingerprint density at radius 1 is 0.955 bits per heavy atom. The summed E-state index contributed by atoms with van der Waals surface area (Å²) in [4.78, 5) is 9.10. The fraction of sp³-hybridized carbons (Fsp3) is 0.0588. The molecule has 0 radical (unpaired) electrons. The summed E-state index contributed by atoms with van der Waals surface area (Å²) in [6, 6.07) is 17.7. The predicted molar refractivity (Wildman–Crippen MR) is 86.8 cm³/mol. The number of fused-ring (bicyclic) bond motifs is 3. The quantitative estimate of drug-likeness (QED) is 0.626. The van der Waals surface area contributed by atoms with Crippen molar-refractivity contribution in [3.05, 3.63) is 60.8 Å². The Bertz CT molecular complexity index is 944. The molecule has 2 aromatic heterocycles. The summed E-state index contributed by atoms with van der Waals surface area (Å²) in [6.07, 6.45) is 1.98. The molecule has 0 bridgehead atoms. The maximum Gasteiger partial charge on any atom is 0.236 e. The first-order valence-corrected chi connectivity index (χ1v) is 6.98. The average Bonchev–Trinajstić information content (AvgIpc) is 2.93. The van der Waals surface area contributed by atoms with E-state index in [1.165, 1.54) is 0 Å². The molecule has 0 aliphatic carbocycles. The largest absolute Gasteiger partial charge is 0.497 e. The standard InChI is InChI=1S/C17H14N4O/c1-22-13-8-6-12(7-9-13)18-16-10-11-21-15-5-3-2-4-14(15)19-17(21)20-16/h2-11H,1H3,(H,18,19,20). The number of methoxy groups -OCH3 is 1. The maximum absolute atomic E-state index is 5.15. The van der Waals surface area contributed by atoms with Gasteiger partial charge in [-0.1, -0.05) is 12.1 Å². The van der Waals surface area contributed by atoms with Gasteiger partial charge >= 0.3 is 0 Å². The predicted octanol–water partition coefficient (Wildman–Crippen LogP) is 3.63. The summed E-state index contributed by atoms with van der Waals surface area (Å²) in [5.74, 6) is 2.26. The number of ether oxygens (including phenoxy) is 1. The number of hydrogen-bond donors (Lipinski definition) is 1. The van der Waals surface area contributed by atoms with Crippen LogP contribution in [0, 0.1) is 0 Å². The van der Waals surface area contributed by atoms with E-state index in [2.05, 4.69) is 15.3 Å². The Labute approximate surface area is 127 Å². The van der Waals surface area contributed by atoms with Crippen LogP contribution in [0.2, 0.25) is 0 Å². The normalized spacial score (nSPS) is 11.0. The third kappa shape index (κ3) is 2.13. The molecule has 0 saturated heterocycles. The second-order valence-corrected chi connectivity index (χ2v) is 4.94. The molecule has 0 aliphatic heterocycles. The Morgan fingerprint density at radius 2 is 1.77 bits per heavy atom. The minimum Gasteiger partial charge on any atom is -0.497 e.